The molecule has 1 heterocycles. The maximum atomic E-state index is 12.8. The zero-order valence-electron chi connectivity index (χ0n) is 14.5. The first-order chi connectivity index (χ1) is 12.8. The van der Waals surface area contributed by atoms with Crippen LogP contribution in [-0.4, -0.2) is 55.8 Å². The molecular formula is C17H18ClN3O4S2. The third-order valence-corrected chi connectivity index (χ3v) is 7.49. The lowest BCUT2D eigenvalue weighted by molar-refractivity contribution is -0.388. The van der Waals surface area contributed by atoms with Crippen LogP contribution in [0, 0.1) is 10.1 Å². The molecule has 2 aromatic rings. The standard InChI is InChI=1S/C17H18ClN3O4S2/c1-19-8-10-20(11-9-19)27(24,25)15-6-7-17(16(12-15)21(22)23)26-14-4-2-13(18)3-5-14/h2-7,12H,8-11H2,1H3. The lowest BCUT2D eigenvalue weighted by Crippen LogP contribution is -2.47. The summed E-state index contributed by atoms with van der Waals surface area (Å²) < 4.78 is 27.1. The van der Waals surface area contributed by atoms with Crippen LogP contribution in [0.5, 0.6) is 0 Å². The summed E-state index contributed by atoms with van der Waals surface area (Å²) in [5.41, 5.74) is -0.231. The first-order valence-electron chi connectivity index (χ1n) is 8.18. The smallest absolute Gasteiger partial charge is 0.284 e. The molecule has 0 unspecified atom stereocenters. The second-order valence-electron chi connectivity index (χ2n) is 6.15. The Kier molecular flexibility index (Phi) is 6.07. The number of likely N-dealkylation sites (N-methyl/N-ethyl adjacent to an activating group) is 1. The first kappa shape index (κ1) is 20.1. The van der Waals surface area contributed by atoms with Crippen molar-refractivity contribution in [2.24, 2.45) is 0 Å². The molecule has 0 radical (unpaired) electrons. The van der Waals surface area contributed by atoms with E-state index in [4.69, 9.17) is 11.6 Å². The van der Waals surface area contributed by atoms with Gasteiger partial charge in [-0.3, -0.25) is 10.1 Å². The van der Waals surface area contributed by atoms with Crippen LogP contribution in [-0.2, 0) is 10.0 Å². The van der Waals surface area contributed by atoms with Crippen LogP contribution < -0.4 is 0 Å². The van der Waals surface area contributed by atoms with Gasteiger partial charge >= 0.3 is 0 Å². The van der Waals surface area contributed by atoms with Gasteiger partial charge in [-0.2, -0.15) is 4.31 Å². The van der Waals surface area contributed by atoms with Crippen LogP contribution in [0.25, 0.3) is 0 Å². The second-order valence-corrected chi connectivity index (χ2v) is 9.64. The summed E-state index contributed by atoms with van der Waals surface area (Å²) in [5.74, 6) is 0. The van der Waals surface area contributed by atoms with E-state index in [1.54, 1.807) is 24.3 Å². The van der Waals surface area contributed by atoms with E-state index in [2.05, 4.69) is 0 Å². The summed E-state index contributed by atoms with van der Waals surface area (Å²) in [6.07, 6.45) is 0. The minimum atomic E-state index is -3.76. The summed E-state index contributed by atoms with van der Waals surface area (Å²) in [4.78, 5) is 14.1. The van der Waals surface area contributed by atoms with Crippen LogP contribution in [0.15, 0.2) is 57.2 Å². The van der Waals surface area contributed by atoms with Crippen LogP contribution in [0.2, 0.25) is 5.02 Å². The van der Waals surface area contributed by atoms with Crippen LogP contribution in [0.3, 0.4) is 0 Å². The third-order valence-electron chi connectivity index (χ3n) is 4.27. The molecule has 1 fully saturated rings. The van der Waals surface area contributed by atoms with Gasteiger partial charge in [0.15, 0.2) is 0 Å². The van der Waals surface area contributed by atoms with Crippen molar-refractivity contribution >= 4 is 39.1 Å². The number of rotatable bonds is 5. The number of hydrogen-bond acceptors (Lipinski definition) is 6. The molecule has 3 rings (SSSR count). The monoisotopic (exact) mass is 427 g/mol. The van der Waals surface area contributed by atoms with Crippen LogP contribution in [0.4, 0.5) is 5.69 Å². The number of nitro groups is 1. The number of hydrogen-bond donors (Lipinski definition) is 0. The van der Waals surface area contributed by atoms with E-state index in [9.17, 15) is 18.5 Å². The Labute approximate surface area is 167 Å². The van der Waals surface area contributed by atoms with Gasteiger partial charge in [0.05, 0.1) is 14.7 Å². The van der Waals surface area contributed by atoms with Crippen molar-refractivity contribution < 1.29 is 13.3 Å². The molecule has 1 saturated heterocycles. The van der Waals surface area contributed by atoms with E-state index in [1.165, 1.54) is 28.2 Å². The summed E-state index contributed by atoms with van der Waals surface area (Å²) in [7, 11) is -1.83. The number of benzene rings is 2. The number of halogens is 1. The molecule has 0 N–H and O–H groups in total. The van der Waals surface area contributed by atoms with Crippen molar-refractivity contribution in [2.75, 3.05) is 33.2 Å². The van der Waals surface area contributed by atoms with Crippen molar-refractivity contribution in [3.63, 3.8) is 0 Å². The molecule has 2 aromatic carbocycles. The highest BCUT2D eigenvalue weighted by Crippen LogP contribution is 2.37. The average molecular weight is 428 g/mol. The third kappa shape index (κ3) is 4.61. The van der Waals surface area contributed by atoms with Crippen LogP contribution >= 0.6 is 23.4 Å². The molecule has 0 aromatic heterocycles. The fourth-order valence-electron chi connectivity index (χ4n) is 2.69. The normalized spacial score (nSPS) is 16.4. The van der Waals surface area contributed by atoms with E-state index >= 15 is 0 Å². The molecule has 27 heavy (non-hydrogen) atoms. The molecule has 0 aliphatic carbocycles. The number of nitro benzene ring substituents is 1. The minimum absolute atomic E-state index is 0.0563. The van der Waals surface area contributed by atoms with Crippen LogP contribution in [0.1, 0.15) is 0 Å². The molecule has 144 valence electrons. The van der Waals surface area contributed by atoms with Crippen molar-refractivity contribution in [3.8, 4) is 0 Å². The van der Waals surface area contributed by atoms with E-state index in [0.717, 1.165) is 11.0 Å². The molecule has 10 heteroatoms. The predicted octanol–water partition coefficient (Wildman–Crippen LogP) is 3.34. The molecule has 0 atom stereocenters. The van der Waals surface area contributed by atoms with Gasteiger partial charge in [0, 0.05) is 42.2 Å². The molecular weight excluding hydrogens is 410 g/mol. The summed E-state index contributed by atoms with van der Waals surface area (Å²) in [5, 5.41) is 12.1. The van der Waals surface area contributed by atoms with E-state index in [1.807, 2.05) is 11.9 Å². The lowest BCUT2D eigenvalue weighted by Gasteiger charge is -2.31. The SMILES string of the molecule is CN1CCN(S(=O)(=O)c2ccc(Sc3ccc(Cl)cc3)c([N+](=O)[O-])c2)CC1. The highest BCUT2D eigenvalue weighted by molar-refractivity contribution is 7.99. The number of sulfonamides is 1. The van der Waals surface area contributed by atoms with Gasteiger partial charge in [-0.15, -0.1) is 0 Å². The largest absolute Gasteiger partial charge is 0.304 e. The van der Waals surface area contributed by atoms with Gasteiger partial charge in [0.1, 0.15) is 0 Å². The van der Waals surface area contributed by atoms with Gasteiger partial charge in [-0.25, -0.2) is 8.42 Å². The predicted molar refractivity (Wildman–Crippen MR) is 105 cm³/mol. The van der Waals surface area contributed by atoms with Gasteiger partial charge in [-0.05, 0) is 43.4 Å². The molecule has 1 aliphatic rings. The Bertz CT molecular complexity index is 943. The molecule has 0 amide bonds. The Morgan fingerprint density at radius 3 is 2.30 bits per heavy atom. The van der Waals surface area contributed by atoms with Gasteiger partial charge in [-0.1, -0.05) is 23.4 Å². The fraction of sp³-hybridized carbons (Fsp3) is 0.294. The van der Waals surface area contributed by atoms with E-state index in [0.29, 0.717) is 36.1 Å². The minimum Gasteiger partial charge on any atom is -0.304 e. The Balaban J connectivity index is 1.91. The van der Waals surface area contributed by atoms with Crippen molar-refractivity contribution in [1.82, 2.24) is 9.21 Å². The molecule has 0 spiro atoms. The zero-order valence-corrected chi connectivity index (χ0v) is 16.9. The summed E-state index contributed by atoms with van der Waals surface area (Å²) in [6.45, 7) is 2.00. The van der Waals surface area contributed by atoms with Gasteiger partial charge < -0.3 is 4.90 Å². The van der Waals surface area contributed by atoms with Gasteiger partial charge in [0.25, 0.3) is 5.69 Å². The quantitative estimate of drug-likeness (QED) is 0.537. The van der Waals surface area contributed by atoms with Crippen molar-refractivity contribution in [3.05, 3.63) is 57.6 Å². The topological polar surface area (TPSA) is 83.8 Å². The highest BCUT2D eigenvalue weighted by Gasteiger charge is 2.29. The first-order valence-corrected chi connectivity index (χ1v) is 10.8. The average Bonchev–Trinajstić information content (AvgIpc) is 2.64. The summed E-state index contributed by atoms with van der Waals surface area (Å²) >= 11 is 7.05. The molecule has 0 bridgehead atoms. The second kappa shape index (κ2) is 8.15. The molecule has 7 nitrogen and oxygen atoms in total. The van der Waals surface area contributed by atoms with Gasteiger partial charge in [0.2, 0.25) is 10.0 Å². The highest BCUT2D eigenvalue weighted by atomic mass is 35.5. The lowest BCUT2D eigenvalue weighted by atomic mass is 10.3. The Hall–Kier alpha value is -1.65. The van der Waals surface area contributed by atoms with E-state index < -0.39 is 14.9 Å². The molecule has 0 saturated carbocycles. The fourth-order valence-corrected chi connectivity index (χ4v) is 5.16. The number of piperazine rings is 1. The van der Waals surface area contributed by atoms with Crippen molar-refractivity contribution in [2.45, 2.75) is 14.7 Å². The molecule has 1 aliphatic heterocycles. The zero-order chi connectivity index (χ0) is 19.6. The maximum Gasteiger partial charge on any atom is 0.284 e. The Morgan fingerprint density at radius 1 is 1.07 bits per heavy atom. The van der Waals surface area contributed by atoms with E-state index in [-0.39, 0.29) is 10.6 Å². The number of nitrogens with zero attached hydrogens (tertiary/aromatic N) is 3. The Morgan fingerprint density at radius 2 is 1.70 bits per heavy atom. The summed E-state index contributed by atoms with van der Waals surface area (Å²) in [6, 6.07) is 11.0. The van der Waals surface area contributed by atoms with Crippen molar-refractivity contribution in [1.29, 1.82) is 0 Å². The maximum absolute atomic E-state index is 12.8.